The van der Waals surface area contributed by atoms with Crippen LogP contribution in [0.4, 0.5) is 22.1 Å². The molecule has 2 aliphatic heterocycles. The van der Waals surface area contributed by atoms with Crippen molar-refractivity contribution in [1.82, 2.24) is 24.8 Å². The fraction of sp³-hybridized carbons (Fsp3) is 0.387. The fourth-order valence-electron chi connectivity index (χ4n) is 6.15. The smallest absolute Gasteiger partial charge is 0.388 e. The standard InChI is InChI=1S/C31H35N7O4/c1-6-31-19(4)23(33-20(31)5)28(42-31)37-17-32-24-25(37)34-29(35-26(39)18(2)3)36-27(24)41-30(40)38(21-13-9-7-10-14-21)22-15-11-8-12-16-22/h7-20,23,28,33H,6H2,1-5H3,(H,34,35,36,39)/t19-,20-,23+,28+,31+/m0/s1. The molecule has 2 N–H and O–H groups in total. The zero-order valence-electron chi connectivity index (χ0n) is 24.3. The Balaban J connectivity index is 1.42. The molecule has 2 aliphatic rings. The first-order chi connectivity index (χ1) is 20.2. The average Bonchev–Trinajstić information content (AvgIpc) is 3.61. The monoisotopic (exact) mass is 569 g/mol. The van der Waals surface area contributed by atoms with Crippen LogP contribution in [0.3, 0.4) is 0 Å². The third-order valence-corrected chi connectivity index (χ3v) is 8.50. The highest BCUT2D eigenvalue weighted by atomic mass is 16.6. The lowest BCUT2D eigenvalue weighted by Crippen LogP contribution is -2.49. The third-order valence-electron chi connectivity index (χ3n) is 8.50. The van der Waals surface area contributed by atoms with Crippen LogP contribution in [0, 0.1) is 11.8 Å². The van der Waals surface area contributed by atoms with E-state index < -0.39 is 12.3 Å². The molecule has 11 heteroatoms. The lowest BCUT2D eigenvalue weighted by molar-refractivity contribution is -0.119. The lowest BCUT2D eigenvalue weighted by atomic mass is 9.84. The van der Waals surface area contributed by atoms with Crippen LogP contribution in [0.5, 0.6) is 5.88 Å². The second kappa shape index (κ2) is 10.8. The Morgan fingerprint density at radius 2 is 1.71 bits per heavy atom. The zero-order chi connectivity index (χ0) is 29.6. The Kier molecular flexibility index (Phi) is 7.15. The highest BCUT2D eigenvalue weighted by molar-refractivity contribution is 5.98. The molecule has 2 bridgehead atoms. The van der Waals surface area contributed by atoms with E-state index in [0.29, 0.717) is 17.0 Å². The van der Waals surface area contributed by atoms with Gasteiger partial charge in [-0.1, -0.05) is 64.1 Å². The molecule has 0 saturated carbocycles. The number of aromatic nitrogens is 4. The summed E-state index contributed by atoms with van der Waals surface area (Å²) in [5, 5.41) is 6.43. The lowest BCUT2D eigenvalue weighted by Gasteiger charge is -2.37. The van der Waals surface area contributed by atoms with Crippen molar-refractivity contribution in [3.8, 4) is 5.88 Å². The van der Waals surface area contributed by atoms with Gasteiger partial charge < -0.3 is 14.8 Å². The first kappa shape index (κ1) is 27.8. The van der Waals surface area contributed by atoms with E-state index in [2.05, 4.69) is 46.4 Å². The van der Waals surface area contributed by atoms with Crippen molar-refractivity contribution in [3.63, 3.8) is 0 Å². The van der Waals surface area contributed by atoms with Gasteiger partial charge in [0.05, 0.1) is 29.3 Å². The van der Waals surface area contributed by atoms with E-state index in [1.807, 2.05) is 65.2 Å². The number of para-hydroxylation sites is 2. The Morgan fingerprint density at radius 1 is 1.07 bits per heavy atom. The summed E-state index contributed by atoms with van der Waals surface area (Å²) >= 11 is 0. The van der Waals surface area contributed by atoms with E-state index in [4.69, 9.17) is 9.47 Å². The van der Waals surface area contributed by atoms with Crippen molar-refractivity contribution >= 4 is 40.5 Å². The number of nitrogens with zero attached hydrogens (tertiary/aromatic N) is 5. The van der Waals surface area contributed by atoms with E-state index in [1.54, 1.807) is 20.2 Å². The van der Waals surface area contributed by atoms with Crippen molar-refractivity contribution in [2.45, 2.75) is 65.0 Å². The summed E-state index contributed by atoms with van der Waals surface area (Å²) < 4.78 is 14.5. The second-order valence-electron chi connectivity index (χ2n) is 11.2. The number of morpholine rings is 1. The van der Waals surface area contributed by atoms with Crippen LogP contribution in [-0.2, 0) is 9.53 Å². The topological polar surface area (TPSA) is 124 Å². The van der Waals surface area contributed by atoms with Gasteiger partial charge in [-0.2, -0.15) is 9.97 Å². The Labute approximate surface area is 244 Å². The van der Waals surface area contributed by atoms with E-state index in [0.717, 1.165) is 6.42 Å². The minimum Gasteiger partial charge on any atom is -0.388 e. The molecule has 2 amide bonds. The molecule has 4 aromatic rings. The summed E-state index contributed by atoms with van der Waals surface area (Å²) in [6.07, 6.45) is 1.40. The van der Waals surface area contributed by atoms with Gasteiger partial charge in [-0.25, -0.2) is 14.7 Å². The predicted molar refractivity (Wildman–Crippen MR) is 159 cm³/mol. The molecule has 4 heterocycles. The number of carbonyl (C=O) groups excluding carboxylic acids is 2. The summed E-state index contributed by atoms with van der Waals surface area (Å²) in [4.78, 5) is 41.6. The van der Waals surface area contributed by atoms with Crippen LogP contribution in [0.1, 0.15) is 47.3 Å². The Hall–Kier alpha value is -4.35. The second-order valence-corrected chi connectivity index (χ2v) is 11.2. The number of hydrogen-bond acceptors (Lipinski definition) is 8. The molecule has 42 heavy (non-hydrogen) atoms. The van der Waals surface area contributed by atoms with Crippen LogP contribution in [0.2, 0.25) is 0 Å². The minimum atomic E-state index is -0.687. The first-order valence-electron chi connectivity index (χ1n) is 14.3. The molecule has 0 radical (unpaired) electrons. The molecule has 0 spiro atoms. The van der Waals surface area contributed by atoms with Crippen molar-refractivity contribution in [1.29, 1.82) is 0 Å². The van der Waals surface area contributed by atoms with E-state index in [9.17, 15) is 9.59 Å². The Bertz CT molecular complexity index is 1570. The van der Waals surface area contributed by atoms with Crippen molar-refractivity contribution in [2.75, 3.05) is 10.2 Å². The van der Waals surface area contributed by atoms with Crippen LogP contribution < -0.4 is 20.3 Å². The van der Waals surface area contributed by atoms with Gasteiger partial charge in [-0.3, -0.25) is 14.7 Å². The molecule has 2 saturated heterocycles. The number of amides is 2. The molecule has 0 aliphatic carbocycles. The van der Waals surface area contributed by atoms with Gasteiger partial charge in [0.1, 0.15) is 0 Å². The SMILES string of the molecule is CC[C@]12O[C@@H](n3cnc4c(OC(=O)N(c5ccccc5)c5ccccc5)nc(NC(=O)C(C)C)nc43)[C@H](N[C@H]1C)[C@@H]2C. The molecular formula is C31H35N7O4. The number of ether oxygens (including phenoxy) is 2. The summed E-state index contributed by atoms with van der Waals surface area (Å²) in [7, 11) is 0. The van der Waals surface area contributed by atoms with Crippen LogP contribution >= 0.6 is 0 Å². The maximum absolute atomic E-state index is 13.8. The van der Waals surface area contributed by atoms with Gasteiger partial charge in [0.2, 0.25) is 11.9 Å². The highest BCUT2D eigenvalue weighted by Gasteiger charge is 2.61. The van der Waals surface area contributed by atoms with Crippen molar-refractivity contribution in [3.05, 3.63) is 67.0 Å². The molecule has 11 nitrogen and oxygen atoms in total. The normalized spacial score (nSPS) is 24.7. The number of nitrogens with one attached hydrogen (secondary N) is 2. The summed E-state index contributed by atoms with van der Waals surface area (Å²) in [5.74, 6) is -0.374. The molecule has 2 fully saturated rings. The quantitative estimate of drug-likeness (QED) is 0.302. The molecule has 2 aromatic heterocycles. The number of carbonyl (C=O) groups is 2. The van der Waals surface area contributed by atoms with E-state index in [-0.39, 0.29) is 52.8 Å². The van der Waals surface area contributed by atoms with E-state index >= 15 is 0 Å². The number of imidazole rings is 1. The van der Waals surface area contributed by atoms with Gasteiger partial charge in [0, 0.05) is 17.9 Å². The number of anilines is 3. The number of hydrogen-bond donors (Lipinski definition) is 2. The van der Waals surface area contributed by atoms with Crippen LogP contribution in [-0.4, -0.2) is 49.2 Å². The van der Waals surface area contributed by atoms with Gasteiger partial charge in [0.25, 0.3) is 5.88 Å². The minimum absolute atomic E-state index is 0.0134. The van der Waals surface area contributed by atoms with Gasteiger partial charge in [-0.15, -0.1) is 0 Å². The molecule has 0 unspecified atom stereocenters. The maximum Gasteiger partial charge on any atom is 0.425 e. The molecule has 2 aromatic carbocycles. The third kappa shape index (κ3) is 4.58. The first-order valence-corrected chi connectivity index (χ1v) is 14.3. The summed E-state index contributed by atoms with van der Waals surface area (Å²) in [6.45, 7) is 10.0. The van der Waals surface area contributed by atoms with Gasteiger partial charge >= 0.3 is 6.09 Å². The average molecular weight is 570 g/mol. The fourth-order valence-corrected chi connectivity index (χ4v) is 6.15. The summed E-state index contributed by atoms with van der Waals surface area (Å²) in [5.41, 5.74) is 1.59. The highest BCUT2D eigenvalue weighted by Crippen LogP contribution is 2.51. The van der Waals surface area contributed by atoms with Crippen molar-refractivity contribution < 1.29 is 19.1 Å². The van der Waals surface area contributed by atoms with E-state index in [1.165, 1.54) is 4.90 Å². The van der Waals surface area contributed by atoms with Crippen molar-refractivity contribution in [2.24, 2.45) is 11.8 Å². The molecule has 218 valence electrons. The largest absolute Gasteiger partial charge is 0.425 e. The van der Waals surface area contributed by atoms with Gasteiger partial charge in [0.15, 0.2) is 17.4 Å². The Morgan fingerprint density at radius 3 is 2.29 bits per heavy atom. The molecular weight excluding hydrogens is 534 g/mol. The number of benzene rings is 2. The molecule has 6 rings (SSSR count). The zero-order valence-corrected chi connectivity index (χ0v) is 24.3. The number of fused-ring (bicyclic) bond motifs is 3. The predicted octanol–water partition coefficient (Wildman–Crippen LogP) is 5.43. The number of rotatable bonds is 7. The summed E-state index contributed by atoms with van der Waals surface area (Å²) in [6, 6.07) is 18.6. The van der Waals surface area contributed by atoms with Crippen LogP contribution in [0.25, 0.3) is 11.2 Å². The van der Waals surface area contributed by atoms with Crippen LogP contribution in [0.15, 0.2) is 67.0 Å². The molecule has 5 atom stereocenters. The van der Waals surface area contributed by atoms with Gasteiger partial charge in [-0.05, 0) is 37.6 Å². The maximum atomic E-state index is 13.8.